The molecule has 0 radical (unpaired) electrons. The lowest BCUT2D eigenvalue weighted by Crippen LogP contribution is -2.52. The number of carbonyl (C=O) groups is 3. The zero-order valence-corrected chi connectivity index (χ0v) is 18.2. The van der Waals surface area contributed by atoms with Crippen LogP contribution in [-0.2, 0) is 29.3 Å². The van der Waals surface area contributed by atoms with Crippen molar-refractivity contribution in [3.8, 4) is 5.75 Å². The van der Waals surface area contributed by atoms with Gasteiger partial charge in [-0.15, -0.1) is 12.4 Å². The SMILES string of the molecule is CCNCc1ccc(COc2cccc3c2CN(C2CCC(=O)NC2=O)C3=O)cc1.Cl. The largest absolute Gasteiger partial charge is 0.489 e. The minimum Gasteiger partial charge on any atom is -0.489 e. The van der Waals surface area contributed by atoms with Gasteiger partial charge in [0, 0.05) is 24.1 Å². The van der Waals surface area contributed by atoms with Crippen LogP contribution in [-0.4, -0.2) is 35.2 Å². The number of amides is 3. The maximum Gasteiger partial charge on any atom is 0.255 e. The van der Waals surface area contributed by atoms with Gasteiger partial charge in [-0.3, -0.25) is 19.7 Å². The molecule has 0 aliphatic carbocycles. The van der Waals surface area contributed by atoms with Crippen LogP contribution in [0.4, 0.5) is 0 Å². The van der Waals surface area contributed by atoms with Crippen molar-refractivity contribution in [3.63, 3.8) is 0 Å². The Labute approximate surface area is 187 Å². The highest BCUT2D eigenvalue weighted by molar-refractivity contribution is 6.05. The number of halogens is 1. The molecule has 2 aromatic rings. The summed E-state index contributed by atoms with van der Waals surface area (Å²) in [5.74, 6) is -0.251. The van der Waals surface area contributed by atoms with E-state index in [-0.39, 0.29) is 30.6 Å². The van der Waals surface area contributed by atoms with Gasteiger partial charge in [-0.2, -0.15) is 0 Å². The molecule has 2 heterocycles. The highest BCUT2D eigenvalue weighted by Crippen LogP contribution is 2.33. The molecule has 1 fully saturated rings. The molecule has 31 heavy (non-hydrogen) atoms. The van der Waals surface area contributed by atoms with Gasteiger partial charge >= 0.3 is 0 Å². The van der Waals surface area contributed by atoms with E-state index in [0.717, 1.165) is 24.2 Å². The molecule has 4 rings (SSSR count). The van der Waals surface area contributed by atoms with Crippen LogP contribution in [0.3, 0.4) is 0 Å². The van der Waals surface area contributed by atoms with E-state index >= 15 is 0 Å². The number of rotatable bonds is 7. The summed E-state index contributed by atoms with van der Waals surface area (Å²) in [6, 6.07) is 13.0. The van der Waals surface area contributed by atoms with Crippen molar-refractivity contribution < 1.29 is 19.1 Å². The molecule has 8 heteroatoms. The van der Waals surface area contributed by atoms with Crippen molar-refractivity contribution in [2.45, 2.75) is 45.5 Å². The summed E-state index contributed by atoms with van der Waals surface area (Å²) in [6.45, 7) is 4.54. The topological polar surface area (TPSA) is 87.7 Å². The minimum atomic E-state index is -0.625. The number of fused-ring (bicyclic) bond motifs is 1. The first-order valence-corrected chi connectivity index (χ1v) is 10.2. The lowest BCUT2D eigenvalue weighted by molar-refractivity contribution is -0.136. The number of benzene rings is 2. The van der Waals surface area contributed by atoms with Crippen LogP contribution < -0.4 is 15.4 Å². The second-order valence-corrected chi connectivity index (χ2v) is 7.57. The first kappa shape index (κ1) is 22.8. The van der Waals surface area contributed by atoms with Gasteiger partial charge in [0.05, 0.1) is 6.54 Å². The molecule has 7 nitrogen and oxygen atoms in total. The summed E-state index contributed by atoms with van der Waals surface area (Å²) in [7, 11) is 0. The van der Waals surface area contributed by atoms with Crippen LogP contribution in [0.2, 0.25) is 0 Å². The van der Waals surface area contributed by atoms with Crippen LogP contribution in [0.5, 0.6) is 5.75 Å². The zero-order valence-electron chi connectivity index (χ0n) is 17.3. The van der Waals surface area contributed by atoms with E-state index in [1.54, 1.807) is 12.1 Å². The molecule has 2 aromatic carbocycles. The molecule has 2 aliphatic heterocycles. The number of ether oxygens (including phenoxy) is 1. The Morgan fingerprint density at radius 1 is 1.10 bits per heavy atom. The normalized spacial score (nSPS) is 17.8. The van der Waals surface area contributed by atoms with Crippen molar-refractivity contribution in [1.29, 1.82) is 0 Å². The molecule has 1 unspecified atom stereocenters. The summed E-state index contributed by atoms with van der Waals surface area (Å²) in [5.41, 5.74) is 3.60. The fourth-order valence-electron chi connectivity index (χ4n) is 3.88. The predicted molar refractivity (Wildman–Crippen MR) is 118 cm³/mol. The number of nitrogens with one attached hydrogen (secondary N) is 2. The lowest BCUT2D eigenvalue weighted by Gasteiger charge is -2.29. The van der Waals surface area contributed by atoms with E-state index in [1.807, 2.05) is 18.2 Å². The number of hydrogen-bond donors (Lipinski definition) is 2. The van der Waals surface area contributed by atoms with Gasteiger partial charge in [0.25, 0.3) is 5.91 Å². The molecule has 0 spiro atoms. The highest BCUT2D eigenvalue weighted by Gasteiger charge is 2.40. The quantitative estimate of drug-likeness (QED) is 0.642. The van der Waals surface area contributed by atoms with Crippen molar-refractivity contribution >= 4 is 30.1 Å². The Morgan fingerprint density at radius 3 is 2.55 bits per heavy atom. The van der Waals surface area contributed by atoms with Gasteiger partial charge in [-0.05, 0) is 36.2 Å². The van der Waals surface area contributed by atoms with Crippen molar-refractivity contribution in [3.05, 3.63) is 64.7 Å². The fourth-order valence-corrected chi connectivity index (χ4v) is 3.88. The van der Waals surface area contributed by atoms with E-state index in [0.29, 0.717) is 30.9 Å². The summed E-state index contributed by atoms with van der Waals surface area (Å²) in [5, 5.41) is 5.62. The van der Waals surface area contributed by atoms with Crippen molar-refractivity contribution in [2.24, 2.45) is 0 Å². The minimum absolute atomic E-state index is 0. The Kier molecular flexibility index (Phi) is 7.30. The van der Waals surface area contributed by atoms with E-state index in [9.17, 15) is 14.4 Å². The maximum atomic E-state index is 12.9. The third-order valence-corrected chi connectivity index (χ3v) is 5.54. The Hall–Kier alpha value is -2.90. The van der Waals surface area contributed by atoms with Crippen LogP contribution >= 0.6 is 12.4 Å². The van der Waals surface area contributed by atoms with Gasteiger partial charge in [-0.1, -0.05) is 37.3 Å². The highest BCUT2D eigenvalue weighted by atomic mass is 35.5. The van der Waals surface area contributed by atoms with Gasteiger partial charge in [0.15, 0.2) is 0 Å². The van der Waals surface area contributed by atoms with Crippen LogP contribution in [0, 0.1) is 0 Å². The van der Waals surface area contributed by atoms with Crippen LogP contribution in [0.1, 0.15) is 46.8 Å². The molecule has 164 valence electrons. The second-order valence-electron chi connectivity index (χ2n) is 7.57. The van der Waals surface area contributed by atoms with Crippen molar-refractivity contribution in [2.75, 3.05) is 6.54 Å². The van der Waals surface area contributed by atoms with Gasteiger partial charge in [0.2, 0.25) is 11.8 Å². The number of piperidine rings is 1. The van der Waals surface area contributed by atoms with E-state index in [2.05, 4.69) is 29.7 Å². The monoisotopic (exact) mass is 443 g/mol. The van der Waals surface area contributed by atoms with Gasteiger partial charge in [-0.25, -0.2) is 0 Å². The first-order valence-electron chi connectivity index (χ1n) is 10.2. The molecule has 1 atom stereocenters. The summed E-state index contributed by atoms with van der Waals surface area (Å²) in [6.07, 6.45) is 0.587. The number of carbonyl (C=O) groups excluding carboxylic acids is 3. The first-order chi connectivity index (χ1) is 14.6. The number of imide groups is 1. The molecule has 3 amide bonds. The predicted octanol–water partition coefficient (Wildman–Crippen LogP) is 2.56. The average Bonchev–Trinajstić information content (AvgIpc) is 3.08. The Balaban J connectivity index is 0.00000272. The lowest BCUT2D eigenvalue weighted by atomic mass is 10.0. The third kappa shape index (κ3) is 4.89. The summed E-state index contributed by atoms with van der Waals surface area (Å²) >= 11 is 0. The van der Waals surface area contributed by atoms with E-state index in [1.165, 1.54) is 10.5 Å². The molecular formula is C23H26ClN3O4. The fraction of sp³-hybridized carbons (Fsp3) is 0.348. The zero-order chi connectivity index (χ0) is 21.1. The molecule has 0 bridgehead atoms. The second kappa shape index (κ2) is 9.94. The number of nitrogens with zero attached hydrogens (tertiary/aromatic N) is 1. The molecule has 2 aliphatic rings. The smallest absolute Gasteiger partial charge is 0.255 e. The Bertz CT molecular complexity index is 977. The molecule has 0 aromatic heterocycles. The van der Waals surface area contributed by atoms with Gasteiger partial charge < -0.3 is 15.0 Å². The number of hydrogen-bond acceptors (Lipinski definition) is 5. The van der Waals surface area contributed by atoms with Crippen LogP contribution in [0.25, 0.3) is 0 Å². The Morgan fingerprint density at radius 2 is 1.84 bits per heavy atom. The van der Waals surface area contributed by atoms with E-state index in [4.69, 9.17) is 4.74 Å². The summed E-state index contributed by atoms with van der Waals surface area (Å²) < 4.78 is 6.03. The van der Waals surface area contributed by atoms with Gasteiger partial charge in [0.1, 0.15) is 18.4 Å². The molecule has 1 saturated heterocycles. The van der Waals surface area contributed by atoms with E-state index < -0.39 is 11.9 Å². The molecule has 0 saturated carbocycles. The van der Waals surface area contributed by atoms with Crippen LogP contribution in [0.15, 0.2) is 42.5 Å². The third-order valence-electron chi connectivity index (χ3n) is 5.54. The maximum absolute atomic E-state index is 12.9. The molecule has 2 N–H and O–H groups in total. The van der Waals surface area contributed by atoms with Crippen molar-refractivity contribution in [1.82, 2.24) is 15.5 Å². The molecular weight excluding hydrogens is 418 g/mol. The average molecular weight is 444 g/mol. The summed E-state index contributed by atoms with van der Waals surface area (Å²) in [4.78, 5) is 38.0. The standard InChI is InChI=1S/C23H25N3O4.ClH/c1-2-24-12-15-6-8-16(9-7-15)14-30-20-5-3-4-17-18(20)13-26(23(17)29)19-10-11-21(27)25-22(19)28;/h3-9,19,24H,2,10-14H2,1H3,(H,25,27,28);1H.